The Morgan fingerprint density at radius 1 is 1.27 bits per heavy atom. The summed E-state index contributed by atoms with van der Waals surface area (Å²) >= 11 is 0. The summed E-state index contributed by atoms with van der Waals surface area (Å²) in [4.78, 5) is 29.5. The van der Waals surface area contributed by atoms with Gasteiger partial charge < -0.3 is 19.9 Å². The summed E-state index contributed by atoms with van der Waals surface area (Å²) in [6.45, 7) is 3.44. The van der Waals surface area contributed by atoms with Crippen LogP contribution in [0.15, 0.2) is 24.9 Å². The van der Waals surface area contributed by atoms with E-state index in [1.54, 1.807) is 24.9 Å². The molecular formula is C14H18N6O2. The lowest BCUT2D eigenvalue weighted by Gasteiger charge is -2.26. The van der Waals surface area contributed by atoms with E-state index in [2.05, 4.69) is 25.3 Å². The van der Waals surface area contributed by atoms with Crippen LogP contribution in [0.5, 0.6) is 0 Å². The molecule has 2 N–H and O–H groups in total. The number of aromatic amines is 1. The number of nitrogens with one attached hydrogen (secondary N) is 2. The van der Waals surface area contributed by atoms with E-state index in [0.717, 1.165) is 18.8 Å². The molecule has 0 atom stereocenters. The van der Waals surface area contributed by atoms with Gasteiger partial charge in [0.25, 0.3) is 5.91 Å². The van der Waals surface area contributed by atoms with Crippen molar-refractivity contribution >= 4 is 11.9 Å². The van der Waals surface area contributed by atoms with Crippen LogP contribution in [0.25, 0.3) is 0 Å². The third-order valence-electron chi connectivity index (χ3n) is 3.43. The molecule has 1 amide bonds. The van der Waals surface area contributed by atoms with Crippen LogP contribution in [0.2, 0.25) is 0 Å². The number of hydrogen-bond donors (Lipinski definition) is 2. The standard InChI is InChI=1S/C14H18N6O2/c21-13(16-2-1-12-9-15-10-19-12)11-7-17-14(18-8-11)20-3-5-22-6-4-20/h7-10H,1-6H2,(H,15,19)(H,16,21). The summed E-state index contributed by atoms with van der Waals surface area (Å²) in [5, 5.41) is 2.84. The Labute approximate surface area is 127 Å². The topological polar surface area (TPSA) is 96.0 Å². The van der Waals surface area contributed by atoms with E-state index in [0.29, 0.717) is 37.7 Å². The zero-order valence-electron chi connectivity index (χ0n) is 12.2. The summed E-state index contributed by atoms with van der Waals surface area (Å²) in [5.41, 5.74) is 1.45. The van der Waals surface area contributed by atoms with Gasteiger partial charge in [0.1, 0.15) is 0 Å². The maximum absolute atomic E-state index is 12.0. The van der Waals surface area contributed by atoms with Crippen LogP contribution >= 0.6 is 0 Å². The maximum Gasteiger partial charge on any atom is 0.254 e. The van der Waals surface area contributed by atoms with Gasteiger partial charge in [-0.3, -0.25) is 4.79 Å². The Hall–Kier alpha value is -2.48. The molecule has 22 heavy (non-hydrogen) atoms. The number of amides is 1. The number of carbonyl (C=O) groups excluding carboxylic acids is 1. The molecule has 0 aromatic carbocycles. The monoisotopic (exact) mass is 302 g/mol. The molecule has 0 radical (unpaired) electrons. The Kier molecular flexibility index (Phi) is 4.59. The lowest BCUT2D eigenvalue weighted by atomic mass is 10.3. The van der Waals surface area contributed by atoms with Crippen LogP contribution in [0, 0.1) is 0 Å². The maximum atomic E-state index is 12.0. The number of carbonyl (C=O) groups is 1. The van der Waals surface area contributed by atoms with Crippen molar-refractivity contribution in [3.05, 3.63) is 36.2 Å². The molecule has 2 aromatic heterocycles. The molecule has 3 heterocycles. The van der Waals surface area contributed by atoms with Gasteiger partial charge in [0, 0.05) is 50.3 Å². The minimum absolute atomic E-state index is 0.173. The van der Waals surface area contributed by atoms with E-state index >= 15 is 0 Å². The molecule has 116 valence electrons. The van der Waals surface area contributed by atoms with Crippen molar-refractivity contribution in [2.45, 2.75) is 6.42 Å². The van der Waals surface area contributed by atoms with Gasteiger partial charge in [-0.25, -0.2) is 15.0 Å². The fourth-order valence-corrected chi connectivity index (χ4v) is 2.20. The first kappa shape index (κ1) is 14.5. The summed E-state index contributed by atoms with van der Waals surface area (Å²) < 4.78 is 5.29. The molecule has 8 nitrogen and oxygen atoms in total. The highest BCUT2D eigenvalue weighted by Gasteiger charge is 2.14. The Morgan fingerprint density at radius 3 is 2.73 bits per heavy atom. The largest absolute Gasteiger partial charge is 0.378 e. The molecule has 0 saturated carbocycles. The molecule has 0 spiro atoms. The molecule has 2 aromatic rings. The SMILES string of the molecule is O=C(NCCc1cnc[nH]1)c1cnc(N2CCOCC2)nc1. The third-order valence-corrected chi connectivity index (χ3v) is 3.43. The van der Waals surface area contributed by atoms with Crippen molar-refractivity contribution < 1.29 is 9.53 Å². The molecule has 8 heteroatoms. The number of hydrogen-bond acceptors (Lipinski definition) is 6. The molecule has 1 saturated heterocycles. The third kappa shape index (κ3) is 3.59. The van der Waals surface area contributed by atoms with Crippen LogP contribution in [0.4, 0.5) is 5.95 Å². The summed E-state index contributed by atoms with van der Waals surface area (Å²) in [5.74, 6) is 0.463. The van der Waals surface area contributed by atoms with Gasteiger partial charge in [-0.2, -0.15) is 0 Å². The average Bonchev–Trinajstić information content (AvgIpc) is 3.09. The van der Waals surface area contributed by atoms with Gasteiger partial charge >= 0.3 is 0 Å². The van der Waals surface area contributed by atoms with Crippen LogP contribution in [0.1, 0.15) is 16.1 Å². The fraction of sp³-hybridized carbons (Fsp3) is 0.429. The minimum atomic E-state index is -0.173. The van der Waals surface area contributed by atoms with Crippen molar-refractivity contribution in [1.82, 2.24) is 25.3 Å². The Balaban J connectivity index is 1.51. The van der Waals surface area contributed by atoms with Crippen molar-refractivity contribution in [3.63, 3.8) is 0 Å². The molecule has 1 aliphatic rings. The minimum Gasteiger partial charge on any atom is -0.378 e. The van der Waals surface area contributed by atoms with E-state index in [4.69, 9.17) is 4.74 Å². The highest BCUT2D eigenvalue weighted by atomic mass is 16.5. The van der Waals surface area contributed by atoms with E-state index in [1.165, 1.54) is 0 Å². The van der Waals surface area contributed by atoms with Crippen LogP contribution < -0.4 is 10.2 Å². The van der Waals surface area contributed by atoms with Gasteiger partial charge in [0.2, 0.25) is 5.95 Å². The van der Waals surface area contributed by atoms with Gasteiger partial charge in [0.15, 0.2) is 0 Å². The lowest BCUT2D eigenvalue weighted by molar-refractivity contribution is 0.0953. The number of ether oxygens (including phenoxy) is 1. The summed E-state index contributed by atoms with van der Waals surface area (Å²) in [6.07, 6.45) is 7.19. The molecule has 0 unspecified atom stereocenters. The van der Waals surface area contributed by atoms with Gasteiger partial charge in [-0.1, -0.05) is 0 Å². The molecule has 1 aliphatic heterocycles. The number of imidazole rings is 1. The second kappa shape index (κ2) is 6.99. The molecule has 3 rings (SSSR count). The number of aromatic nitrogens is 4. The lowest BCUT2D eigenvalue weighted by Crippen LogP contribution is -2.37. The zero-order chi connectivity index (χ0) is 15.2. The number of anilines is 1. The van der Waals surface area contributed by atoms with Crippen molar-refractivity contribution in [1.29, 1.82) is 0 Å². The Morgan fingerprint density at radius 2 is 2.05 bits per heavy atom. The van der Waals surface area contributed by atoms with Crippen LogP contribution in [-0.2, 0) is 11.2 Å². The predicted octanol–water partition coefficient (Wildman–Crippen LogP) is 0.00880. The van der Waals surface area contributed by atoms with E-state index in [9.17, 15) is 4.79 Å². The second-order valence-electron chi connectivity index (χ2n) is 4.95. The first-order chi connectivity index (χ1) is 10.8. The highest BCUT2D eigenvalue weighted by molar-refractivity contribution is 5.93. The Bertz CT molecular complexity index is 592. The smallest absolute Gasteiger partial charge is 0.254 e. The van der Waals surface area contributed by atoms with E-state index in [1.807, 2.05) is 4.90 Å². The first-order valence-corrected chi connectivity index (χ1v) is 7.23. The second-order valence-corrected chi connectivity index (χ2v) is 4.95. The normalized spacial score (nSPS) is 14.8. The predicted molar refractivity (Wildman–Crippen MR) is 79.7 cm³/mol. The molecular weight excluding hydrogens is 284 g/mol. The molecule has 0 bridgehead atoms. The van der Waals surface area contributed by atoms with Crippen molar-refractivity contribution in [2.75, 3.05) is 37.7 Å². The first-order valence-electron chi connectivity index (χ1n) is 7.23. The average molecular weight is 302 g/mol. The quantitative estimate of drug-likeness (QED) is 0.807. The van der Waals surface area contributed by atoms with Crippen LogP contribution in [0.3, 0.4) is 0 Å². The van der Waals surface area contributed by atoms with Crippen LogP contribution in [-0.4, -0.2) is 58.7 Å². The molecule has 1 fully saturated rings. The summed E-state index contributed by atoms with van der Waals surface area (Å²) in [6, 6.07) is 0. The fourth-order valence-electron chi connectivity index (χ4n) is 2.20. The van der Waals surface area contributed by atoms with Crippen molar-refractivity contribution in [3.8, 4) is 0 Å². The number of H-pyrrole nitrogens is 1. The van der Waals surface area contributed by atoms with Gasteiger partial charge in [-0.05, 0) is 0 Å². The number of nitrogens with zero attached hydrogens (tertiary/aromatic N) is 4. The summed E-state index contributed by atoms with van der Waals surface area (Å²) in [7, 11) is 0. The molecule has 0 aliphatic carbocycles. The number of rotatable bonds is 5. The number of morpholine rings is 1. The van der Waals surface area contributed by atoms with Gasteiger partial charge in [-0.15, -0.1) is 0 Å². The van der Waals surface area contributed by atoms with Gasteiger partial charge in [0.05, 0.1) is 25.1 Å². The van der Waals surface area contributed by atoms with Crippen molar-refractivity contribution in [2.24, 2.45) is 0 Å². The zero-order valence-corrected chi connectivity index (χ0v) is 12.2. The van der Waals surface area contributed by atoms with E-state index in [-0.39, 0.29) is 5.91 Å². The highest BCUT2D eigenvalue weighted by Crippen LogP contribution is 2.09. The van der Waals surface area contributed by atoms with E-state index < -0.39 is 0 Å².